The second kappa shape index (κ2) is 6.92. The van der Waals surface area contributed by atoms with E-state index in [4.69, 9.17) is 0 Å². The standard InChI is InChI=1S/C20H13F3N2OS/c21-20(22,23)26-16-10-11-17-18(12-16)27-19(25-17)24-15-8-6-14(7-9-15)13-4-2-1-3-5-13/h1-12H,(H,24,25). The van der Waals surface area contributed by atoms with Gasteiger partial charge in [-0.05, 0) is 35.4 Å². The maximum atomic E-state index is 12.3. The van der Waals surface area contributed by atoms with Crippen molar-refractivity contribution in [1.29, 1.82) is 0 Å². The Kier molecular flexibility index (Phi) is 4.45. The Balaban J connectivity index is 1.53. The van der Waals surface area contributed by atoms with Gasteiger partial charge in [0.15, 0.2) is 5.13 Å². The van der Waals surface area contributed by atoms with Crippen molar-refractivity contribution in [3.63, 3.8) is 0 Å². The quantitative estimate of drug-likeness (QED) is 0.429. The van der Waals surface area contributed by atoms with Crippen LogP contribution in [0.4, 0.5) is 24.0 Å². The van der Waals surface area contributed by atoms with Gasteiger partial charge in [0.05, 0.1) is 10.2 Å². The molecule has 0 aliphatic rings. The summed E-state index contributed by atoms with van der Waals surface area (Å²) in [7, 11) is 0. The van der Waals surface area contributed by atoms with Gasteiger partial charge in [-0.15, -0.1) is 13.2 Å². The third kappa shape index (κ3) is 4.20. The van der Waals surface area contributed by atoms with E-state index in [0.29, 0.717) is 15.3 Å². The predicted octanol–water partition coefficient (Wildman–Crippen LogP) is 6.61. The van der Waals surface area contributed by atoms with Crippen LogP contribution >= 0.6 is 11.3 Å². The molecule has 0 atom stereocenters. The van der Waals surface area contributed by atoms with E-state index in [2.05, 4.69) is 15.0 Å². The molecule has 0 bridgehead atoms. The van der Waals surface area contributed by atoms with Gasteiger partial charge in [0.2, 0.25) is 0 Å². The van der Waals surface area contributed by atoms with Crippen LogP contribution in [0.1, 0.15) is 0 Å². The number of halogens is 3. The van der Waals surface area contributed by atoms with Crippen molar-refractivity contribution in [3.8, 4) is 16.9 Å². The van der Waals surface area contributed by atoms with Crippen molar-refractivity contribution < 1.29 is 17.9 Å². The van der Waals surface area contributed by atoms with Gasteiger partial charge in [-0.1, -0.05) is 53.8 Å². The van der Waals surface area contributed by atoms with Crippen LogP contribution in [0.2, 0.25) is 0 Å². The first-order chi connectivity index (χ1) is 13.0. The first kappa shape index (κ1) is 17.4. The summed E-state index contributed by atoms with van der Waals surface area (Å²) in [5, 5.41) is 3.78. The summed E-state index contributed by atoms with van der Waals surface area (Å²) in [6.07, 6.45) is -4.71. The lowest BCUT2D eigenvalue weighted by Gasteiger charge is -2.07. The maximum Gasteiger partial charge on any atom is 0.573 e. The number of benzene rings is 3. The van der Waals surface area contributed by atoms with E-state index in [-0.39, 0.29) is 5.75 Å². The molecular weight excluding hydrogens is 373 g/mol. The van der Waals surface area contributed by atoms with Crippen molar-refractivity contribution in [3.05, 3.63) is 72.8 Å². The van der Waals surface area contributed by atoms with Crippen LogP contribution in [-0.4, -0.2) is 11.3 Å². The SMILES string of the molecule is FC(F)(F)Oc1ccc2nc(Nc3ccc(-c4ccccc4)cc3)sc2c1. The monoisotopic (exact) mass is 386 g/mol. The highest BCUT2D eigenvalue weighted by atomic mass is 32.1. The number of thiazole rings is 1. The normalized spacial score (nSPS) is 11.5. The van der Waals surface area contributed by atoms with Crippen LogP contribution in [-0.2, 0) is 0 Å². The fourth-order valence-corrected chi connectivity index (χ4v) is 3.57. The number of aromatic nitrogens is 1. The first-order valence-electron chi connectivity index (χ1n) is 8.05. The molecule has 0 spiro atoms. The van der Waals surface area contributed by atoms with E-state index < -0.39 is 6.36 Å². The molecule has 136 valence electrons. The van der Waals surface area contributed by atoms with Gasteiger partial charge < -0.3 is 10.1 Å². The zero-order valence-corrected chi connectivity index (χ0v) is 14.6. The molecule has 0 radical (unpaired) electrons. The maximum absolute atomic E-state index is 12.3. The van der Waals surface area contributed by atoms with Crippen LogP contribution in [0.15, 0.2) is 72.8 Å². The molecule has 0 aliphatic heterocycles. The molecule has 3 nitrogen and oxygen atoms in total. The van der Waals surface area contributed by atoms with Gasteiger partial charge in [-0.3, -0.25) is 0 Å². The van der Waals surface area contributed by atoms with E-state index in [9.17, 15) is 13.2 Å². The van der Waals surface area contributed by atoms with Crippen molar-refractivity contribution in [1.82, 2.24) is 4.98 Å². The van der Waals surface area contributed by atoms with E-state index in [1.165, 1.54) is 29.5 Å². The summed E-state index contributed by atoms with van der Waals surface area (Å²) in [6, 6.07) is 22.0. The number of ether oxygens (including phenoxy) is 1. The van der Waals surface area contributed by atoms with Gasteiger partial charge >= 0.3 is 6.36 Å². The average molecular weight is 386 g/mol. The minimum Gasteiger partial charge on any atom is -0.406 e. The van der Waals surface area contributed by atoms with Gasteiger partial charge in [-0.2, -0.15) is 0 Å². The largest absolute Gasteiger partial charge is 0.573 e. The number of hydrogen-bond acceptors (Lipinski definition) is 4. The van der Waals surface area contributed by atoms with Gasteiger partial charge in [0.25, 0.3) is 0 Å². The lowest BCUT2D eigenvalue weighted by molar-refractivity contribution is -0.274. The highest BCUT2D eigenvalue weighted by Gasteiger charge is 2.31. The molecule has 0 amide bonds. The van der Waals surface area contributed by atoms with Crippen molar-refractivity contribution in [2.45, 2.75) is 6.36 Å². The molecule has 1 N–H and O–H groups in total. The lowest BCUT2D eigenvalue weighted by atomic mass is 10.1. The van der Waals surface area contributed by atoms with Gasteiger partial charge in [-0.25, -0.2) is 4.98 Å². The summed E-state index contributed by atoms with van der Waals surface area (Å²) in [5.74, 6) is -0.252. The van der Waals surface area contributed by atoms with Crippen molar-refractivity contribution >= 4 is 32.4 Å². The highest BCUT2D eigenvalue weighted by molar-refractivity contribution is 7.22. The van der Waals surface area contributed by atoms with Crippen LogP contribution in [0.5, 0.6) is 5.75 Å². The summed E-state index contributed by atoms with van der Waals surface area (Å²) in [4.78, 5) is 4.40. The fraction of sp³-hybridized carbons (Fsp3) is 0.0500. The number of nitrogens with zero attached hydrogens (tertiary/aromatic N) is 1. The smallest absolute Gasteiger partial charge is 0.406 e. The van der Waals surface area contributed by atoms with Gasteiger partial charge in [0.1, 0.15) is 5.75 Å². The zero-order chi connectivity index (χ0) is 18.9. The molecule has 0 saturated carbocycles. The van der Waals surface area contributed by atoms with Crippen LogP contribution in [0.3, 0.4) is 0 Å². The molecule has 27 heavy (non-hydrogen) atoms. The number of fused-ring (bicyclic) bond motifs is 1. The topological polar surface area (TPSA) is 34.1 Å². The third-order valence-corrected chi connectivity index (χ3v) is 4.77. The second-order valence-corrected chi connectivity index (χ2v) is 6.80. The predicted molar refractivity (Wildman–Crippen MR) is 101 cm³/mol. The number of nitrogens with one attached hydrogen (secondary N) is 1. The Labute approximate surface area is 157 Å². The molecule has 1 heterocycles. The lowest BCUT2D eigenvalue weighted by Crippen LogP contribution is -2.16. The Morgan fingerprint density at radius 2 is 1.56 bits per heavy atom. The second-order valence-electron chi connectivity index (χ2n) is 5.76. The van der Waals surface area contributed by atoms with E-state index in [1.807, 2.05) is 54.6 Å². The Morgan fingerprint density at radius 1 is 0.852 bits per heavy atom. The molecule has 0 fully saturated rings. The first-order valence-corrected chi connectivity index (χ1v) is 8.87. The number of rotatable bonds is 4. The molecule has 4 aromatic rings. The van der Waals surface area contributed by atoms with Crippen molar-refractivity contribution in [2.75, 3.05) is 5.32 Å². The molecular formula is C20H13F3N2OS. The van der Waals surface area contributed by atoms with Crippen LogP contribution < -0.4 is 10.1 Å². The molecule has 0 saturated heterocycles. The molecule has 0 unspecified atom stereocenters. The van der Waals surface area contributed by atoms with E-state index >= 15 is 0 Å². The average Bonchev–Trinajstić information content (AvgIpc) is 3.03. The van der Waals surface area contributed by atoms with E-state index in [0.717, 1.165) is 16.8 Å². The highest BCUT2D eigenvalue weighted by Crippen LogP contribution is 2.33. The zero-order valence-electron chi connectivity index (χ0n) is 13.8. The molecule has 0 aliphatic carbocycles. The Hall–Kier alpha value is -3.06. The molecule has 4 rings (SSSR count). The van der Waals surface area contributed by atoms with Crippen molar-refractivity contribution in [2.24, 2.45) is 0 Å². The fourth-order valence-electron chi connectivity index (χ4n) is 2.66. The summed E-state index contributed by atoms with van der Waals surface area (Å²) < 4.78 is 41.6. The molecule has 7 heteroatoms. The summed E-state index contributed by atoms with van der Waals surface area (Å²) >= 11 is 1.26. The minimum absolute atomic E-state index is 0.252. The van der Waals surface area contributed by atoms with Crippen LogP contribution in [0, 0.1) is 0 Å². The number of hydrogen-bond donors (Lipinski definition) is 1. The Morgan fingerprint density at radius 3 is 2.26 bits per heavy atom. The molecule has 3 aromatic carbocycles. The van der Waals surface area contributed by atoms with Gasteiger partial charge in [0, 0.05) is 11.8 Å². The minimum atomic E-state index is -4.71. The number of anilines is 2. The van der Waals surface area contributed by atoms with E-state index in [1.54, 1.807) is 0 Å². The number of alkyl halides is 3. The Bertz CT molecular complexity index is 1060. The summed E-state index contributed by atoms with van der Waals surface area (Å²) in [5.41, 5.74) is 3.68. The molecule has 1 aromatic heterocycles. The van der Waals surface area contributed by atoms with Crippen LogP contribution in [0.25, 0.3) is 21.3 Å². The summed E-state index contributed by atoms with van der Waals surface area (Å²) in [6.45, 7) is 0. The third-order valence-electron chi connectivity index (χ3n) is 3.84.